The predicted octanol–water partition coefficient (Wildman–Crippen LogP) is 2.89. The molecule has 0 saturated carbocycles. The SMILES string of the molecule is O=S(=O)(CCCc1ccccc1)NCCc1nc(-c2cccs2)no1. The highest BCUT2D eigenvalue weighted by Gasteiger charge is 2.12. The molecule has 0 fully saturated rings. The standard InChI is InChI=1S/C17H19N3O3S2/c21-25(22,13-5-8-14-6-2-1-3-7-14)18-11-10-16-19-17(20-23-16)15-9-4-12-24-15/h1-4,6-7,9,12,18H,5,8,10-11,13H2. The van der Waals surface area contributed by atoms with Crippen molar-refractivity contribution in [2.24, 2.45) is 0 Å². The van der Waals surface area contributed by atoms with Crippen LogP contribution in [0.5, 0.6) is 0 Å². The van der Waals surface area contributed by atoms with Crippen molar-refractivity contribution < 1.29 is 12.9 Å². The topological polar surface area (TPSA) is 85.1 Å². The number of thiophene rings is 1. The van der Waals surface area contributed by atoms with Gasteiger partial charge >= 0.3 is 0 Å². The molecule has 0 unspecified atom stereocenters. The second kappa shape index (κ2) is 8.37. The van der Waals surface area contributed by atoms with Crippen LogP contribution < -0.4 is 4.72 Å². The third kappa shape index (κ3) is 5.48. The Balaban J connectivity index is 1.41. The van der Waals surface area contributed by atoms with Gasteiger partial charge in [0.25, 0.3) is 0 Å². The van der Waals surface area contributed by atoms with Gasteiger partial charge in [0, 0.05) is 13.0 Å². The molecule has 0 saturated heterocycles. The molecule has 8 heteroatoms. The van der Waals surface area contributed by atoms with E-state index in [0.29, 0.717) is 24.6 Å². The fourth-order valence-electron chi connectivity index (χ4n) is 2.36. The van der Waals surface area contributed by atoms with E-state index in [-0.39, 0.29) is 12.3 Å². The zero-order valence-corrected chi connectivity index (χ0v) is 15.2. The fraction of sp³-hybridized carbons (Fsp3) is 0.294. The summed E-state index contributed by atoms with van der Waals surface area (Å²) in [7, 11) is -3.30. The molecule has 3 rings (SSSR count). The maximum atomic E-state index is 12.0. The molecule has 0 bridgehead atoms. The Hall–Kier alpha value is -2.03. The Labute approximate surface area is 151 Å². The molecule has 0 atom stereocenters. The minimum atomic E-state index is -3.30. The van der Waals surface area contributed by atoms with Crippen LogP contribution in [0.3, 0.4) is 0 Å². The van der Waals surface area contributed by atoms with Crippen molar-refractivity contribution in [1.82, 2.24) is 14.9 Å². The van der Waals surface area contributed by atoms with Crippen LogP contribution in [0.15, 0.2) is 52.4 Å². The molecule has 6 nitrogen and oxygen atoms in total. The van der Waals surface area contributed by atoms with Gasteiger partial charge in [-0.3, -0.25) is 0 Å². The molecule has 0 aliphatic carbocycles. The number of nitrogens with one attached hydrogen (secondary N) is 1. The highest BCUT2D eigenvalue weighted by molar-refractivity contribution is 7.89. The first-order valence-electron chi connectivity index (χ1n) is 8.00. The molecule has 3 aromatic rings. The molecule has 1 aromatic carbocycles. The Kier molecular flexibility index (Phi) is 5.95. The molecule has 0 amide bonds. The third-order valence-corrected chi connectivity index (χ3v) is 5.93. The molecule has 0 aliphatic heterocycles. The van der Waals surface area contributed by atoms with Crippen molar-refractivity contribution in [2.45, 2.75) is 19.3 Å². The lowest BCUT2D eigenvalue weighted by Gasteiger charge is -2.05. The number of aryl methyl sites for hydroxylation is 1. The van der Waals surface area contributed by atoms with Gasteiger partial charge in [-0.2, -0.15) is 4.98 Å². The van der Waals surface area contributed by atoms with Gasteiger partial charge in [-0.1, -0.05) is 41.6 Å². The van der Waals surface area contributed by atoms with Gasteiger partial charge < -0.3 is 4.52 Å². The highest BCUT2D eigenvalue weighted by atomic mass is 32.2. The van der Waals surface area contributed by atoms with E-state index in [2.05, 4.69) is 14.9 Å². The molecule has 25 heavy (non-hydrogen) atoms. The summed E-state index contributed by atoms with van der Waals surface area (Å²) in [5.41, 5.74) is 1.14. The Bertz CT molecular complexity index is 875. The lowest BCUT2D eigenvalue weighted by atomic mass is 10.1. The Morgan fingerprint density at radius 3 is 2.68 bits per heavy atom. The first-order valence-corrected chi connectivity index (χ1v) is 10.5. The number of rotatable bonds is 9. The van der Waals surface area contributed by atoms with Crippen LogP contribution >= 0.6 is 11.3 Å². The van der Waals surface area contributed by atoms with Crippen LogP contribution in [0.1, 0.15) is 17.9 Å². The van der Waals surface area contributed by atoms with Gasteiger partial charge in [-0.05, 0) is 29.9 Å². The number of sulfonamides is 1. The van der Waals surface area contributed by atoms with Crippen molar-refractivity contribution >= 4 is 21.4 Å². The molecule has 0 aliphatic rings. The van der Waals surface area contributed by atoms with Crippen molar-refractivity contribution in [3.8, 4) is 10.7 Å². The van der Waals surface area contributed by atoms with E-state index in [9.17, 15) is 8.42 Å². The maximum Gasteiger partial charge on any atom is 0.228 e. The Morgan fingerprint density at radius 1 is 1.08 bits per heavy atom. The third-order valence-electron chi connectivity index (χ3n) is 3.59. The molecule has 0 spiro atoms. The van der Waals surface area contributed by atoms with E-state index in [1.54, 1.807) is 0 Å². The maximum absolute atomic E-state index is 12.0. The van der Waals surface area contributed by atoms with Crippen molar-refractivity contribution in [2.75, 3.05) is 12.3 Å². The normalized spacial score (nSPS) is 11.7. The van der Waals surface area contributed by atoms with E-state index in [1.807, 2.05) is 47.8 Å². The van der Waals surface area contributed by atoms with Crippen LogP contribution in [0.2, 0.25) is 0 Å². The zero-order valence-electron chi connectivity index (χ0n) is 13.6. The summed E-state index contributed by atoms with van der Waals surface area (Å²) >= 11 is 1.53. The monoisotopic (exact) mass is 377 g/mol. The molecule has 132 valence electrons. The first kappa shape index (κ1) is 17.8. The minimum absolute atomic E-state index is 0.103. The van der Waals surface area contributed by atoms with Crippen LogP contribution in [0.4, 0.5) is 0 Å². The van der Waals surface area contributed by atoms with Gasteiger partial charge in [-0.15, -0.1) is 11.3 Å². The van der Waals surface area contributed by atoms with Gasteiger partial charge in [0.05, 0.1) is 10.6 Å². The van der Waals surface area contributed by atoms with Crippen LogP contribution in [-0.2, 0) is 22.9 Å². The van der Waals surface area contributed by atoms with E-state index in [1.165, 1.54) is 11.3 Å². The summed E-state index contributed by atoms with van der Waals surface area (Å²) in [4.78, 5) is 5.20. The second-order valence-corrected chi connectivity index (χ2v) is 8.42. The zero-order chi connectivity index (χ0) is 17.5. The average Bonchev–Trinajstić information content (AvgIpc) is 3.27. The number of benzene rings is 1. The summed E-state index contributed by atoms with van der Waals surface area (Å²) in [6, 6.07) is 13.7. The lowest BCUT2D eigenvalue weighted by molar-refractivity contribution is 0.379. The van der Waals surface area contributed by atoms with Crippen molar-refractivity contribution in [3.05, 3.63) is 59.3 Å². The molecular weight excluding hydrogens is 358 g/mol. The van der Waals surface area contributed by atoms with Gasteiger partial charge in [-0.25, -0.2) is 13.1 Å². The second-order valence-electron chi connectivity index (χ2n) is 5.54. The van der Waals surface area contributed by atoms with E-state index < -0.39 is 10.0 Å². The number of hydrogen-bond donors (Lipinski definition) is 1. The predicted molar refractivity (Wildman–Crippen MR) is 97.9 cm³/mol. The summed E-state index contributed by atoms with van der Waals surface area (Å²) in [6.07, 6.45) is 1.70. The smallest absolute Gasteiger partial charge is 0.228 e. The molecular formula is C17H19N3O3S2. The number of hydrogen-bond acceptors (Lipinski definition) is 6. The van der Waals surface area contributed by atoms with Crippen LogP contribution in [0, 0.1) is 0 Å². The largest absolute Gasteiger partial charge is 0.339 e. The summed E-state index contributed by atoms with van der Waals surface area (Å²) in [6.45, 7) is 0.250. The Morgan fingerprint density at radius 2 is 1.92 bits per heavy atom. The van der Waals surface area contributed by atoms with Gasteiger partial charge in [0.1, 0.15) is 0 Å². The van der Waals surface area contributed by atoms with Crippen molar-refractivity contribution in [3.63, 3.8) is 0 Å². The molecule has 2 aromatic heterocycles. The van der Waals surface area contributed by atoms with Crippen LogP contribution in [0.25, 0.3) is 10.7 Å². The number of aromatic nitrogens is 2. The van der Waals surface area contributed by atoms with Crippen molar-refractivity contribution in [1.29, 1.82) is 0 Å². The molecule has 0 radical (unpaired) electrons. The minimum Gasteiger partial charge on any atom is -0.339 e. The van der Waals surface area contributed by atoms with E-state index >= 15 is 0 Å². The first-order chi connectivity index (χ1) is 12.1. The van der Waals surface area contributed by atoms with E-state index in [0.717, 1.165) is 16.9 Å². The van der Waals surface area contributed by atoms with Gasteiger partial charge in [0.2, 0.25) is 21.7 Å². The average molecular weight is 377 g/mol. The molecule has 2 heterocycles. The fourth-order valence-corrected chi connectivity index (χ4v) is 4.09. The summed E-state index contributed by atoms with van der Waals surface area (Å²) in [5, 5.41) is 5.84. The highest BCUT2D eigenvalue weighted by Crippen LogP contribution is 2.21. The quantitative estimate of drug-likeness (QED) is 0.620. The number of nitrogens with zero attached hydrogens (tertiary/aromatic N) is 2. The van der Waals surface area contributed by atoms with Gasteiger partial charge in [0.15, 0.2) is 0 Å². The molecule has 1 N–H and O–H groups in total. The van der Waals surface area contributed by atoms with Crippen LogP contribution in [-0.4, -0.2) is 30.9 Å². The van der Waals surface area contributed by atoms with E-state index in [4.69, 9.17) is 4.52 Å². The summed E-state index contributed by atoms with van der Waals surface area (Å²) < 4.78 is 31.8. The summed E-state index contributed by atoms with van der Waals surface area (Å²) in [5.74, 6) is 1.07. The lowest BCUT2D eigenvalue weighted by Crippen LogP contribution is -2.28.